The maximum absolute atomic E-state index is 12.2. The molecular weight excluding hydrogens is 250 g/mol. The largest absolute Gasteiger partial charge is 0.480 e. The number of carbonyl (C=O) groups excluding carboxylic acids is 1. The van der Waals surface area contributed by atoms with Gasteiger partial charge in [0.1, 0.15) is 13.1 Å². The van der Waals surface area contributed by atoms with E-state index in [0.717, 1.165) is 16.0 Å². The molecule has 1 atom stereocenters. The Kier molecular flexibility index (Phi) is 3.50. The van der Waals surface area contributed by atoms with E-state index < -0.39 is 36.9 Å². The van der Waals surface area contributed by atoms with E-state index in [4.69, 9.17) is 10.2 Å². The molecule has 0 saturated heterocycles. The van der Waals surface area contributed by atoms with Gasteiger partial charge >= 0.3 is 11.9 Å². The normalized spacial score (nSPS) is 16.1. The Hall–Kier alpha value is -2.37. The summed E-state index contributed by atoms with van der Waals surface area (Å²) in [5.74, 6) is -3.30. The highest BCUT2D eigenvalue weighted by Crippen LogP contribution is 2.36. The minimum Gasteiger partial charge on any atom is -0.480 e. The molecule has 1 amide bonds. The molecule has 2 rings (SSSR count). The molecule has 0 bridgehead atoms. The molecule has 0 fully saturated rings. The monoisotopic (exact) mass is 263 g/mol. The summed E-state index contributed by atoms with van der Waals surface area (Å²) >= 11 is 0. The van der Waals surface area contributed by atoms with Crippen LogP contribution in [0.1, 0.15) is 17.0 Å². The first-order chi connectivity index (χ1) is 8.99. The van der Waals surface area contributed by atoms with Crippen molar-refractivity contribution >= 4 is 17.8 Å². The van der Waals surface area contributed by atoms with Crippen molar-refractivity contribution in [2.24, 2.45) is 0 Å². The molecule has 0 spiro atoms. The summed E-state index contributed by atoms with van der Waals surface area (Å²) in [6.07, 6.45) is 0.532. The second-order valence-corrected chi connectivity index (χ2v) is 4.44. The number of carbonyl (C=O) groups is 3. The van der Waals surface area contributed by atoms with Crippen LogP contribution in [-0.4, -0.2) is 46.0 Å². The van der Waals surface area contributed by atoms with Gasteiger partial charge in [0.2, 0.25) is 5.91 Å². The quantitative estimate of drug-likeness (QED) is 0.798. The standard InChI is InChI=1S/C13H13NO5/c15-11(16)6-14(7-12(17)18)13(19)10-5-8-3-1-2-4-9(8)10/h1-4,10H,5-7H2,(H,15,16)(H,17,18). The molecule has 0 aliphatic heterocycles. The van der Waals surface area contributed by atoms with Crippen LogP contribution in [-0.2, 0) is 20.8 Å². The van der Waals surface area contributed by atoms with E-state index in [1.54, 1.807) is 12.1 Å². The fourth-order valence-electron chi connectivity index (χ4n) is 2.24. The predicted octanol–water partition coefficient (Wildman–Crippen LogP) is 0.324. The number of amides is 1. The zero-order chi connectivity index (χ0) is 14.0. The maximum atomic E-state index is 12.2. The van der Waals surface area contributed by atoms with Crippen molar-refractivity contribution in [3.05, 3.63) is 35.4 Å². The lowest BCUT2D eigenvalue weighted by atomic mass is 9.77. The maximum Gasteiger partial charge on any atom is 0.323 e. The fourth-order valence-corrected chi connectivity index (χ4v) is 2.24. The number of hydrogen-bond acceptors (Lipinski definition) is 3. The van der Waals surface area contributed by atoms with Gasteiger partial charge in [0.25, 0.3) is 0 Å². The molecule has 2 N–H and O–H groups in total. The van der Waals surface area contributed by atoms with Crippen LogP contribution in [0, 0.1) is 0 Å². The minimum atomic E-state index is -1.22. The topological polar surface area (TPSA) is 94.9 Å². The Labute approximate surface area is 109 Å². The highest BCUT2D eigenvalue weighted by Gasteiger charge is 2.35. The fraction of sp³-hybridized carbons (Fsp3) is 0.308. The van der Waals surface area contributed by atoms with Crippen molar-refractivity contribution in [1.29, 1.82) is 0 Å². The number of rotatable bonds is 5. The smallest absolute Gasteiger partial charge is 0.323 e. The van der Waals surface area contributed by atoms with Crippen molar-refractivity contribution < 1.29 is 24.6 Å². The van der Waals surface area contributed by atoms with Gasteiger partial charge in [-0.2, -0.15) is 0 Å². The van der Waals surface area contributed by atoms with E-state index in [1.807, 2.05) is 12.1 Å². The molecule has 1 aromatic carbocycles. The van der Waals surface area contributed by atoms with Gasteiger partial charge < -0.3 is 15.1 Å². The lowest BCUT2D eigenvalue weighted by Gasteiger charge is -2.32. The first kappa shape index (κ1) is 13.1. The highest BCUT2D eigenvalue weighted by molar-refractivity contribution is 5.91. The van der Waals surface area contributed by atoms with Crippen LogP contribution in [0.15, 0.2) is 24.3 Å². The molecule has 0 aromatic heterocycles. The lowest BCUT2D eigenvalue weighted by molar-refractivity contribution is -0.150. The summed E-state index contributed by atoms with van der Waals surface area (Å²) in [5.41, 5.74) is 1.90. The van der Waals surface area contributed by atoms with Crippen molar-refractivity contribution in [2.45, 2.75) is 12.3 Å². The average Bonchev–Trinajstić information content (AvgIpc) is 2.28. The van der Waals surface area contributed by atoms with E-state index in [2.05, 4.69) is 0 Å². The number of fused-ring (bicyclic) bond motifs is 1. The van der Waals surface area contributed by atoms with Gasteiger partial charge in [0.15, 0.2) is 0 Å². The summed E-state index contributed by atoms with van der Waals surface area (Å²) in [4.78, 5) is 34.4. The zero-order valence-corrected chi connectivity index (χ0v) is 10.1. The van der Waals surface area contributed by atoms with Crippen LogP contribution in [0.5, 0.6) is 0 Å². The Morgan fingerprint density at radius 3 is 2.21 bits per heavy atom. The predicted molar refractivity (Wildman–Crippen MR) is 64.7 cm³/mol. The molecule has 1 aliphatic rings. The van der Waals surface area contributed by atoms with Crippen molar-refractivity contribution in [3.8, 4) is 0 Å². The molecule has 19 heavy (non-hydrogen) atoms. The molecule has 1 aromatic rings. The van der Waals surface area contributed by atoms with Crippen molar-refractivity contribution in [1.82, 2.24) is 4.90 Å². The van der Waals surface area contributed by atoms with Gasteiger partial charge in [0.05, 0.1) is 5.92 Å². The third kappa shape index (κ3) is 2.73. The first-order valence-corrected chi connectivity index (χ1v) is 5.79. The van der Waals surface area contributed by atoms with Crippen LogP contribution in [0.4, 0.5) is 0 Å². The number of hydrogen-bond donors (Lipinski definition) is 2. The van der Waals surface area contributed by atoms with Gasteiger partial charge in [-0.1, -0.05) is 24.3 Å². The Morgan fingerprint density at radius 1 is 1.11 bits per heavy atom. The molecule has 0 saturated carbocycles. The number of aliphatic carboxylic acids is 2. The van der Waals surface area contributed by atoms with Crippen LogP contribution < -0.4 is 0 Å². The Balaban J connectivity index is 2.13. The second-order valence-electron chi connectivity index (χ2n) is 4.44. The molecular formula is C13H13NO5. The van der Waals surface area contributed by atoms with Crippen LogP contribution in [0.25, 0.3) is 0 Å². The van der Waals surface area contributed by atoms with Crippen molar-refractivity contribution in [3.63, 3.8) is 0 Å². The van der Waals surface area contributed by atoms with E-state index in [0.29, 0.717) is 6.42 Å². The summed E-state index contributed by atoms with van der Waals surface area (Å²) in [5, 5.41) is 17.5. The molecule has 6 heteroatoms. The van der Waals surface area contributed by atoms with E-state index >= 15 is 0 Å². The Bertz CT molecular complexity index is 524. The first-order valence-electron chi connectivity index (χ1n) is 5.79. The minimum absolute atomic E-state index is 0.421. The van der Waals surface area contributed by atoms with Gasteiger partial charge in [-0.05, 0) is 17.5 Å². The van der Waals surface area contributed by atoms with Crippen LogP contribution in [0.2, 0.25) is 0 Å². The van der Waals surface area contributed by atoms with Crippen LogP contribution in [0.3, 0.4) is 0 Å². The summed E-state index contributed by atoms with van der Waals surface area (Å²) in [6, 6.07) is 7.38. The molecule has 0 radical (unpaired) electrons. The van der Waals surface area contributed by atoms with Gasteiger partial charge in [-0.25, -0.2) is 0 Å². The third-order valence-electron chi connectivity index (χ3n) is 3.12. The molecule has 0 heterocycles. The molecule has 100 valence electrons. The SMILES string of the molecule is O=C(O)CN(CC(=O)O)C(=O)C1Cc2ccccc21. The second kappa shape index (κ2) is 5.09. The van der Waals surface area contributed by atoms with Crippen LogP contribution >= 0.6 is 0 Å². The van der Waals surface area contributed by atoms with E-state index in [9.17, 15) is 14.4 Å². The Morgan fingerprint density at radius 2 is 1.68 bits per heavy atom. The number of carboxylic acid groups (broad SMARTS) is 2. The number of nitrogens with zero attached hydrogens (tertiary/aromatic N) is 1. The van der Waals surface area contributed by atoms with Crippen molar-refractivity contribution in [2.75, 3.05) is 13.1 Å². The molecule has 1 aliphatic carbocycles. The lowest BCUT2D eigenvalue weighted by Crippen LogP contribution is -2.44. The summed E-state index contributed by atoms with van der Waals surface area (Å²) in [6.45, 7) is -1.19. The number of benzene rings is 1. The van der Waals surface area contributed by atoms with Gasteiger partial charge in [-0.15, -0.1) is 0 Å². The average molecular weight is 263 g/mol. The zero-order valence-electron chi connectivity index (χ0n) is 10.1. The summed E-state index contributed by atoms with van der Waals surface area (Å²) in [7, 11) is 0. The molecule has 1 unspecified atom stereocenters. The van der Waals surface area contributed by atoms with E-state index in [-0.39, 0.29) is 0 Å². The van der Waals surface area contributed by atoms with Gasteiger partial charge in [-0.3, -0.25) is 14.4 Å². The summed E-state index contributed by atoms with van der Waals surface area (Å²) < 4.78 is 0. The molecule has 6 nitrogen and oxygen atoms in total. The van der Waals surface area contributed by atoms with Gasteiger partial charge in [0, 0.05) is 0 Å². The van der Waals surface area contributed by atoms with E-state index in [1.165, 1.54) is 0 Å². The number of carboxylic acids is 2. The highest BCUT2D eigenvalue weighted by atomic mass is 16.4. The third-order valence-corrected chi connectivity index (χ3v) is 3.12.